The topological polar surface area (TPSA) is 38.7 Å². The van der Waals surface area contributed by atoms with E-state index in [0.717, 1.165) is 15.8 Å². The van der Waals surface area contributed by atoms with Crippen molar-refractivity contribution in [2.45, 2.75) is 6.42 Å². The molecule has 0 aliphatic heterocycles. The van der Waals surface area contributed by atoms with Gasteiger partial charge in [-0.05, 0) is 17.2 Å². The predicted octanol–water partition coefficient (Wildman–Crippen LogP) is 2.07. The summed E-state index contributed by atoms with van der Waals surface area (Å²) in [6.45, 7) is 0. The largest absolute Gasteiger partial charge is 0.264 e. The molecule has 0 bridgehead atoms. The van der Waals surface area contributed by atoms with Crippen LogP contribution >= 0.6 is 22.6 Å². The van der Waals surface area contributed by atoms with Gasteiger partial charge in [0, 0.05) is 53.8 Å². The molecule has 2 aromatic heterocycles. The first-order chi connectivity index (χ1) is 6.84. The summed E-state index contributed by atoms with van der Waals surface area (Å²) in [4.78, 5) is 12.3. The third-order valence-electron chi connectivity index (χ3n) is 1.80. The highest BCUT2D eigenvalue weighted by molar-refractivity contribution is 14.1. The molecule has 0 aliphatic rings. The van der Waals surface area contributed by atoms with Gasteiger partial charge < -0.3 is 0 Å². The van der Waals surface area contributed by atoms with E-state index >= 15 is 0 Å². The lowest BCUT2D eigenvalue weighted by atomic mass is 10.1. The van der Waals surface area contributed by atoms with Crippen molar-refractivity contribution in [3.8, 4) is 0 Å². The molecule has 0 N–H and O–H groups in total. The lowest BCUT2D eigenvalue weighted by molar-refractivity contribution is 1.03. The Morgan fingerprint density at radius 2 is 1.86 bits per heavy atom. The van der Waals surface area contributed by atoms with Crippen molar-refractivity contribution in [3.63, 3.8) is 0 Å². The molecule has 0 aliphatic carbocycles. The molecular formula is C10H8IN3. The summed E-state index contributed by atoms with van der Waals surface area (Å²) in [5, 5.41) is 0. The first-order valence-corrected chi connectivity index (χ1v) is 5.28. The van der Waals surface area contributed by atoms with Crippen molar-refractivity contribution in [2.24, 2.45) is 0 Å². The Kier molecular flexibility index (Phi) is 3.03. The summed E-state index contributed by atoms with van der Waals surface area (Å²) in [7, 11) is 0. The van der Waals surface area contributed by atoms with Gasteiger partial charge in [0.2, 0.25) is 0 Å². The predicted molar refractivity (Wildman–Crippen MR) is 61.8 cm³/mol. The molecular weight excluding hydrogens is 289 g/mol. The lowest BCUT2D eigenvalue weighted by Crippen LogP contribution is -1.93. The van der Waals surface area contributed by atoms with E-state index in [1.807, 2.05) is 30.7 Å². The van der Waals surface area contributed by atoms with Gasteiger partial charge in [-0.2, -0.15) is 0 Å². The number of nitrogens with zero attached hydrogens (tertiary/aromatic N) is 3. The molecule has 0 radical (unpaired) electrons. The van der Waals surface area contributed by atoms with Crippen LogP contribution in [-0.2, 0) is 6.42 Å². The third kappa shape index (κ3) is 2.47. The lowest BCUT2D eigenvalue weighted by Gasteiger charge is -1.99. The van der Waals surface area contributed by atoms with Gasteiger partial charge in [-0.25, -0.2) is 9.97 Å². The highest BCUT2D eigenvalue weighted by Crippen LogP contribution is 2.06. The standard InChI is InChI=1S/C10H8IN3/c11-10-13-6-9(7-14-10)4-8-2-1-3-12-5-8/h1-3,5-7H,4H2. The van der Waals surface area contributed by atoms with Crippen LogP contribution < -0.4 is 0 Å². The summed E-state index contributed by atoms with van der Waals surface area (Å²) in [6.07, 6.45) is 8.17. The maximum absolute atomic E-state index is 4.13. The molecule has 3 nitrogen and oxygen atoms in total. The first kappa shape index (κ1) is 9.51. The highest BCUT2D eigenvalue weighted by atomic mass is 127. The molecule has 0 fully saturated rings. The molecule has 0 saturated carbocycles. The average molecular weight is 297 g/mol. The zero-order valence-corrected chi connectivity index (χ0v) is 9.55. The number of halogens is 1. The fourth-order valence-corrected chi connectivity index (χ4v) is 1.45. The van der Waals surface area contributed by atoms with Crippen molar-refractivity contribution < 1.29 is 0 Å². The molecule has 14 heavy (non-hydrogen) atoms. The highest BCUT2D eigenvalue weighted by Gasteiger charge is 1.97. The number of pyridine rings is 1. The smallest absolute Gasteiger partial charge is 0.190 e. The molecule has 2 aromatic rings. The van der Waals surface area contributed by atoms with Crippen LogP contribution in [0.5, 0.6) is 0 Å². The Morgan fingerprint density at radius 1 is 1.07 bits per heavy atom. The van der Waals surface area contributed by atoms with Gasteiger partial charge in [-0.3, -0.25) is 4.98 Å². The van der Waals surface area contributed by atoms with E-state index in [9.17, 15) is 0 Å². The fourth-order valence-electron chi connectivity index (χ4n) is 1.17. The molecule has 0 unspecified atom stereocenters. The van der Waals surface area contributed by atoms with E-state index in [4.69, 9.17) is 0 Å². The van der Waals surface area contributed by atoms with E-state index < -0.39 is 0 Å². The molecule has 70 valence electrons. The molecule has 2 rings (SSSR count). The molecule has 0 saturated heterocycles. The average Bonchev–Trinajstić information content (AvgIpc) is 2.23. The molecule has 0 aromatic carbocycles. The van der Waals surface area contributed by atoms with Crippen LogP contribution in [0.25, 0.3) is 0 Å². The molecule has 2 heterocycles. The van der Waals surface area contributed by atoms with E-state index in [2.05, 4.69) is 37.5 Å². The molecule has 0 amide bonds. The van der Waals surface area contributed by atoms with Crippen molar-refractivity contribution in [3.05, 3.63) is 51.9 Å². The quantitative estimate of drug-likeness (QED) is 0.629. The molecule has 0 atom stereocenters. The minimum absolute atomic E-state index is 0.775. The number of hydrogen-bond acceptors (Lipinski definition) is 3. The monoisotopic (exact) mass is 297 g/mol. The van der Waals surface area contributed by atoms with Gasteiger partial charge in [0.25, 0.3) is 0 Å². The number of aromatic nitrogens is 3. The van der Waals surface area contributed by atoms with Gasteiger partial charge in [-0.1, -0.05) is 6.07 Å². The van der Waals surface area contributed by atoms with Crippen LogP contribution in [0.1, 0.15) is 11.1 Å². The second-order valence-corrected chi connectivity index (χ2v) is 3.86. The summed E-state index contributed by atoms with van der Waals surface area (Å²) in [5.74, 6) is 0. The normalized spacial score (nSPS) is 10.1. The van der Waals surface area contributed by atoms with Gasteiger partial charge in [0.05, 0.1) is 0 Å². The van der Waals surface area contributed by atoms with E-state index in [1.54, 1.807) is 6.20 Å². The van der Waals surface area contributed by atoms with Crippen molar-refractivity contribution in [2.75, 3.05) is 0 Å². The van der Waals surface area contributed by atoms with E-state index in [0.29, 0.717) is 0 Å². The van der Waals surface area contributed by atoms with Gasteiger partial charge >= 0.3 is 0 Å². The fraction of sp³-hybridized carbons (Fsp3) is 0.100. The third-order valence-corrected chi connectivity index (χ3v) is 2.36. The SMILES string of the molecule is Ic1ncc(Cc2cccnc2)cn1. The van der Waals surface area contributed by atoms with Gasteiger partial charge in [0.1, 0.15) is 0 Å². The molecule has 0 spiro atoms. The Morgan fingerprint density at radius 3 is 2.50 bits per heavy atom. The number of rotatable bonds is 2. The van der Waals surface area contributed by atoms with E-state index in [1.165, 1.54) is 5.56 Å². The van der Waals surface area contributed by atoms with Crippen LogP contribution in [0.15, 0.2) is 36.9 Å². The second-order valence-electron chi connectivity index (χ2n) is 2.90. The summed E-state index contributed by atoms with van der Waals surface area (Å²) in [6, 6.07) is 3.98. The Balaban J connectivity index is 2.16. The summed E-state index contributed by atoms with van der Waals surface area (Å²) < 4.78 is 0.775. The van der Waals surface area contributed by atoms with E-state index in [-0.39, 0.29) is 0 Å². The van der Waals surface area contributed by atoms with Gasteiger partial charge in [0.15, 0.2) is 3.83 Å². The van der Waals surface area contributed by atoms with Crippen molar-refractivity contribution >= 4 is 22.6 Å². The van der Waals surface area contributed by atoms with Crippen molar-refractivity contribution in [1.29, 1.82) is 0 Å². The zero-order valence-electron chi connectivity index (χ0n) is 7.39. The van der Waals surface area contributed by atoms with Gasteiger partial charge in [-0.15, -0.1) is 0 Å². The zero-order chi connectivity index (χ0) is 9.80. The second kappa shape index (κ2) is 4.45. The maximum Gasteiger partial charge on any atom is 0.190 e. The van der Waals surface area contributed by atoms with Crippen LogP contribution in [0.4, 0.5) is 0 Å². The van der Waals surface area contributed by atoms with Crippen LogP contribution in [0, 0.1) is 3.83 Å². The Bertz CT molecular complexity index is 399. The Hall–Kier alpha value is -1.04. The maximum atomic E-state index is 4.13. The molecule has 4 heteroatoms. The van der Waals surface area contributed by atoms with Crippen molar-refractivity contribution in [1.82, 2.24) is 15.0 Å². The first-order valence-electron chi connectivity index (χ1n) is 4.20. The van der Waals surface area contributed by atoms with Crippen LogP contribution in [-0.4, -0.2) is 15.0 Å². The van der Waals surface area contributed by atoms with Crippen LogP contribution in [0.3, 0.4) is 0 Å². The minimum atomic E-state index is 0.775. The van der Waals surface area contributed by atoms with Crippen LogP contribution in [0.2, 0.25) is 0 Å². The summed E-state index contributed by atoms with van der Waals surface area (Å²) in [5.41, 5.74) is 2.29. The summed E-state index contributed by atoms with van der Waals surface area (Å²) >= 11 is 2.09. The number of hydrogen-bond donors (Lipinski definition) is 0. The minimum Gasteiger partial charge on any atom is -0.264 e. The Labute approximate surface area is 95.8 Å².